The molecule has 2 heterocycles. The first-order chi connectivity index (χ1) is 9.91. The molecule has 7 heteroatoms. The standard InChI is InChI=1S/C14H14BrFN2O2S/c1-10-13-3-2-6-17(13)7-8-18(10)21(19,20)14-5-4-11(16)9-12(14)15/h2-6,9-10H,7-8H2,1H3. The van der Waals surface area contributed by atoms with Crippen LogP contribution in [0, 0.1) is 5.82 Å². The second-order valence-electron chi connectivity index (χ2n) is 4.99. The molecule has 2 aromatic rings. The van der Waals surface area contributed by atoms with Crippen LogP contribution in [0.2, 0.25) is 0 Å². The summed E-state index contributed by atoms with van der Waals surface area (Å²) in [5, 5.41) is 0. The number of rotatable bonds is 2. The average Bonchev–Trinajstić information content (AvgIpc) is 2.87. The van der Waals surface area contributed by atoms with E-state index in [1.54, 1.807) is 0 Å². The van der Waals surface area contributed by atoms with Crippen molar-refractivity contribution in [2.75, 3.05) is 6.54 Å². The van der Waals surface area contributed by atoms with Gasteiger partial charge in [-0.25, -0.2) is 12.8 Å². The SMILES string of the molecule is CC1c2cccn2CCN1S(=O)(=O)c1ccc(F)cc1Br. The number of halogens is 2. The van der Waals surface area contributed by atoms with Crippen LogP contribution >= 0.6 is 15.9 Å². The largest absolute Gasteiger partial charge is 0.349 e. The molecule has 3 rings (SSSR count). The van der Waals surface area contributed by atoms with Crippen LogP contribution in [0.25, 0.3) is 0 Å². The summed E-state index contributed by atoms with van der Waals surface area (Å²) in [6.45, 7) is 2.87. The maximum atomic E-state index is 13.2. The molecule has 0 spiro atoms. The molecule has 0 amide bonds. The molecule has 21 heavy (non-hydrogen) atoms. The Morgan fingerprint density at radius 3 is 2.76 bits per heavy atom. The van der Waals surface area contributed by atoms with Crippen molar-refractivity contribution in [1.82, 2.24) is 8.87 Å². The van der Waals surface area contributed by atoms with Gasteiger partial charge in [-0.15, -0.1) is 0 Å². The molecule has 1 aromatic carbocycles. The molecule has 0 saturated carbocycles. The van der Waals surface area contributed by atoms with E-state index in [9.17, 15) is 12.8 Å². The Balaban J connectivity index is 2.03. The van der Waals surface area contributed by atoms with Gasteiger partial charge in [0.25, 0.3) is 0 Å². The first-order valence-electron chi connectivity index (χ1n) is 6.53. The fourth-order valence-corrected chi connectivity index (χ4v) is 5.31. The predicted octanol–water partition coefficient (Wildman–Crippen LogP) is 3.16. The third-order valence-corrected chi connectivity index (χ3v) is 6.71. The molecule has 4 nitrogen and oxygen atoms in total. The van der Waals surface area contributed by atoms with Crippen LogP contribution in [0.4, 0.5) is 4.39 Å². The van der Waals surface area contributed by atoms with Gasteiger partial charge in [-0.1, -0.05) is 0 Å². The van der Waals surface area contributed by atoms with Gasteiger partial charge in [0.05, 0.1) is 10.9 Å². The van der Waals surface area contributed by atoms with Crippen LogP contribution in [0.15, 0.2) is 45.9 Å². The van der Waals surface area contributed by atoms with Crippen LogP contribution in [-0.2, 0) is 16.6 Å². The smallest absolute Gasteiger partial charge is 0.244 e. The van der Waals surface area contributed by atoms with Gasteiger partial charge < -0.3 is 4.57 Å². The van der Waals surface area contributed by atoms with Crippen molar-refractivity contribution >= 4 is 26.0 Å². The minimum Gasteiger partial charge on any atom is -0.349 e. The van der Waals surface area contributed by atoms with Crippen LogP contribution in [0.1, 0.15) is 18.7 Å². The Morgan fingerprint density at radius 2 is 2.05 bits per heavy atom. The number of fused-ring (bicyclic) bond motifs is 1. The molecular weight excluding hydrogens is 359 g/mol. The summed E-state index contributed by atoms with van der Waals surface area (Å²) >= 11 is 3.14. The summed E-state index contributed by atoms with van der Waals surface area (Å²) in [5.41, 5.74) is 0.961. The van der Waals surface area contributed by atoms with Crippen molar-refractivity contribution in [3.8, 4) is 0 Å². The second-order valence-corrected chi connectivity index (χ2v) is 7.71. The molecule has 1 unspecified atom stereocenters. The van der Waals surface area contributed by atoms with Crippen molar-refractivity contribution in [3.05, 3.63) is 52.5 Å². The molecule has 112 valence electrons. The molecule has 0 N–H and O–H groups in total. The van der Waals surface area contributed by atoms with Crippen molar-refractivity contribution in [3.63, 3.8) is 0 Å². The Kier molecular flexibility index (Phi) is 3.67. The quantitative estimate of drug-likeness (QED) is 0.812. The van der Waals surface area contributed by atoms with E-state index in [4.69, 9.17) is 0 Å². The summed E-state index contributed by atoms with van der Waals surface area (Å²) in [6.07, 6.45) is 1.95. The number of benzene rings is 1. The van der Waals surface area contributed by atoms with E-state index in [1.807, 2.05) is 25.3 Å². The van der Waals surface area contributed by atoms with E-state index >= 15 is 0 Å². The van der Waals surface area contributed by atoms with Gasteiger partial charge in [-0.05, 0) is 53.2 Å². The van der Waals surface area contributed by atoms with E-state index in [0.717, 1.165) is 11.8 Å². The molecule has 0 fully saturated rings. The highest BCUT2D eigenvalue weighted by Crippen LogP contribution is 2.33. The molecule has 1 aliphatic heterocycles. The lowest BCUT2D eigenvalue weighted by Crippen LogP contribution is -2.40. The van der Waals surface area contributed by atoms with E-state index in [-0.39, 0.29) is 15.4 Å². The summed E-state index contributed by atoms with van der Waals surface area (Å²) in [5.74, 6) is -0.471. The summed E-state index contributed by atoms with van der Waals surface area (Å²) in [6, 6.07) is 7.21. The highest BCUT2D eigenvalue weighted by molar-refractivity contribution is 9.10. The summed E-state index contributed by atoms with van der Waals surface area (Å²) < 4.78 is 42.6. The van der Waals surface area contributed by atoms with Gasteiger partial charge in [0.2, 0.25) is 10.0 Å². The van der Waals surface area contributed by atoms with Gasteiger partial charge in [-0.2, -0.15) is 4.31 Å². The fraction of sp³-hybridized carbons (Fsp3) is 0.286. The van der Waals surface area contributed by atoms with Crippen LogP contribution < -0.4 is 0 Å². The average molecular weight is 373 g/mol. The van der Waals surface area contributed by atoms with Crippen LogP contribution in [0.5, 0.6) is 0 Å². The molecule has 1 aliphatic rings. The third-order valence-electron chi connectivity index (χ3n) is 3.77. The summed E-state index contributed by atoms with van der Waals surface area (Å²) in [4.78, 5) is 0.0933. The van der Waals surface area contributed by atoms with Gasteiger partial charge in [-0.3, -0.25) is 0 Å². The molecular formula is C14H14BrFN2O2S. The zero-order chi connectivity index (χ0) is 15.2. The second kappa shape index (κ2) is 5.23. The minimum atomic E-state index is -3.67. The zero-order valence-corrected chi connectivity index (χ0v) is 13.7. The molecule has 0 bridgehead atoms. The highest BCUT2D eigenvalue weighted by atomic mass is 79.9. The number of hydrogen-bond acceptors (Lipinski definition) is 2. The molecule has 0 saturated heterocycles. The number of hydrogen-bond donors (Lipinski definition) is 0. The topological polar surface area (TPSA) is 42.3 Å². The molecule has 0 radical (unpaired) electrons. The van der Waals surface area contributed by atoms with Gasteiger partial charge in [0.15, 0.2) is 0 Å². The predicted molar refractivity (Wildman–Crippen MR) is 80.8 cm³/mol. The zero-order valence-electron chi connectivity index (χ0n) is 11.3. The van der Waals surface area contributed by atoms with E-state index in [1.165, 1.54) is 16.4 Å². The maximum Gasteiger partial charge on any atom is 0.244 e. The fourth-order valence-electron chi connectivity index (χ4n) is 2.70. The highest BCUT2D eigenvalue weighted by Gasteiger charge is 2.34. The molecule has 0 aliphatic carbocycles. The van der Waals surface area contributed by atoms with Crippen LogP contribution in [0.3, 0.4) is 0 Å². The van der Waals surface area contributed by atoms with Gasteiger partial charge in [0, 0.05) is 29.5 Å². The van der Waals surface area contributed by atoms with Gasteiger partial charge >= 0.3 is 0 Å². The monoisotopic (exact) mass is 372 g/mol. The lowest BCUT2D eigenvalue weighted by Gasteiger charge is -2.34. The Labute approximate surface area is 131 Å². The lowest BCUT2D eigenvalue weighted by atomic mass is 10.2. The minimum absolute atomic E-state index is 0.0933. The number of sulfonamides is 1. The van der Waals surface area contributed by atoms with E-state index in [2.05, 4.69) is 20.5 Å². The first kappa shape index (κ1) is 14.7. The maximum absolute atomic E-state index is 13.2. The Hall–Kier alpha value is -1.18. The van der Waals surface area contributed by atoms with E-state index in [0.29, 0.717) is 13.1 Å². The Bertz CT molecular complexity index is 788. The van der Waals surface area contributed by atoms with Crippen molar-refractivity contribution in [2.24, 2.45) is 0 Å². The van der Waals surface area contributed by atoms with Crippen molar-refractivity contribution in [2.45, 2.75) is 24.4 Å². The summed E-state index contributed by atoms with van der Waals surface area (Å²) in [7, 11) is -3.67. The van der Waals surface area contributed by atoms with Crippen molar-refractivity contribution < 1.29 is 12.8 Å². The number of nitrogens with zero attached hydrogens (tertiary/aromatic N) is 2. The molecule has 1 aromatic heterocycles. The first-order valence-corrected chi connectivity index (χ1v) is 8.76. The van der Waals surface area contributed by atoms with Crippen LogP contribution in [-0.4, -0.2) is 23.8 Å². The van der Waals surface area contributed by atoms with Gasteiger partial charge in [0.1, 0.15) is 5.82 Å². The number of aromatic nitrogens is 1. The van der Waals surface area contributed by atoms with E-state index < -0.39 is 15.8 Å². The Morgan fingerprint density at radius 1 is 1.29 bits per heavy atom. The molecule has 1 atom stereocenters. The lowest BCUT2D eigenvalue weighted by molar-refractivity contribution is 0.282. The van der Waals surface area contributed by atoms with Crippen molar-refractivity contribution in [1.29, 1.82) is 0 Å². The third kappa shape index (κ3) is 2.43. The normalized spacial score (nSPS) is 19.5.